The number of hydrogen-bond donors (Lipinski definition) is 2. The van der Waals surface area contributed by atoms with Gasteiger partial charge in [0.15, 0.2) is 5.96 Å². The molecule has 2 N–H and O–H groups in total. The largest absolute Gasteiger partial charge is 0.367 e. The Hall–Kier alpha value is -1.71. The van der Waals surface area contributed by atoms with Gasteiger partial charge < -0.3 is 15.0 Å². The fraction of sp³-hybridized carbons (Fsp3) is 0.588. The third-order valence-corrected chi connectivity index (χ3v) is 4.60. The first-order valence-electron chi connectivity index (χ1n) is 8.67. The monoisotopic (exact) mass is 386 g/mol. The first kappa shape index (κ1) is 20.6. The minimum absolute atomic E-state index is 0.0168. The van der Waals surface area contributed by atoms with Crippen molar-refractivity contribution in [2.45, 2.75) is 26.1 Å². The van der Waals surface area contributed by atoms with E-state index in [1.165, 1.54) is 12.1 Å². The molecule has 1 aliphatic heterocycles. The summed E-state index contributed by atoms with van der Waals surface area (Å²) in [6.07, 6.45) is 0.924. The number of halogens is 1. The molecule has 26 heavy (non-hydrogen) atoms. The molecule has 1 aromatic rings. The van der Waals surface area contributed by atoms with Gasteiger partial charge in [0.25, 0.3) is 0 Å². The topological polar surface area (TPSA) is 83.0 Å². The number of rotatable bonds is 6. The average molecular weight is 386 g/mol. The minimum Gasteiger partial charge on any atom is -0.367 e. The molecule has 0 spiro atoms. The van der Waals surface area contributed by atoms with E-state index >= 15 is 0 Å². The highest BCUT2D eigenvalue weighted by Gasteiger charge is 2.28. The molecule has 9 heteroatoms. The zero-order chi connectivity index (χ0) is 19.2. The van der Waals surface area contributed by atoms with Gasteiger partial charge in [-0.3, -0.25) is 4.99 Å². The van der Waals surface area contributed by atoms with Crippen LogP contribution in [-0.2, 0) is 14.8 Å². The van der Waals surface area contributed by atoms with E-state index < -0.39 is 10.0 Å². The number of morpholine rings is 1. The van der Waals surface area contributed by atoms with Crippen molar-refractivity contribution in [1.82, 2.24) is 14.9 Å². The minimum atomic E-state index is -3.22. The Morgan fingerprint density at radius 2 is 2.04 bits per heavy atom. The van der Waals surface area contributed by atoms with Crippen LogP contribution in [-0.4, -0.2) is 64.4 Å². The van der Waals surface area contributed by atoms with Gasteiger partial charge in [0.05, 0.1) is 25.4 Å². The van der Waals surface area contributed by atoms with Crippen LogP contribution in [0.25, 0.3) is 0 Å². The molecular formula is C17H27FN4O3S. The van der Waals surface area contributed by atoms with E-state index in [-0.39, 0.29) is 24.6 Å². The number of aliphatic imine (C=N–C) groups is 1. The lowest BCUT2D eigenvalue weighted by Crippen LogP contribution is -2.51. The lowest BCUT2D eigenvalue weighted by molar-refractivity contribution is -0.0605. The molecule has 0 amide bonds. The summed E-state index contributed by atoms with van der Waals surface area (Å²) in [5.41, 5.74) is 0.914. The Morgan fingerprint density at radius 1 is 1.35 bits per heavy atom. The fourth-order valence-electron chi connectivity index (χ4n) is 2.80. The number of ether oxygens (including phenoxy) is 1. The number of nitrogens with zero attached hydrogens (tertiary/aromatic N) is 2. The molecular weight excluding hydrogens is 359 g/mol. The van der Waals surface area contributed by atoms with Crippen LogP contribution in [0.4, 0.5) is 4.39 Å². The summed E-state index contributed by atoms with van der Waals surface area (Å²) >= 11 is 0. The van der Waals surface area contributed by atoms with E-state index in [0.717, 1.165) is 11.8 Å². The van der Waals surface area contributed by atoms with Gasteiger partial charge in [0.1, 0.15) is 11.9 Å². The molecule has 1 heterocycles. The van der Waals surface area contributed by atoms with Crippen LogP contribution in [0.5, 0.6) is 0 Å². The lowest BCUT2D eigenvalue weighted by atomic mass is 10.1. The molecule has 0 bridgehead atoms. The van der Waals surface area contributed by atoms with Crippen molar-refractivity contribution in [1.29, 1.82) is 0 Å². The SMILES string of the molecule is CCNC(=NCCNS(C)(=O)=O)N1CC(C)OC(c2ccc(F)cc2)C1. The second-order valence-corrected chi connectivity index (χ2v) is 8.13. The second-order valence-electron chi connectivity index (χ2n) is 6.29. The van der Waals surface area contributed by atoms with Crippen LogP contribution >= 0.6 is 0 Å². The Labute approximate surface area is 154 Å². The Morgan fingerprint density at radius 3 is 2.65 bits per heavy atom. The molecule has 2 unspecified atom stereocenters. The zero-order valence-electron chi connectivity index (χ0n) is 15.4. The van der Waals surface area contributed by atoms with E-state index in [2.05, 4.69) is 19.9 Å². The number of benzene rings is 1. The third-order valence-electron chi connectivity index (χ3n) is 3.87. The maximum absolute atomic E-state index is 13.2. The highest BCUT2D eigenvalue weighted by atomic mass is 32.2. The van der Waals surface area contributed by atoms with E-state index in [9.17, 15) is 12.8 Å². The van der Waals surface area contributed by atoms with Crippen LogP contribution in [0, 0.1) is 5.82 Å². The maximum atomic E-state index is 13.2. The van der Waals surface area contributed by atoms with E-state index in [4.69, 9.17) is 4.74 Å². The van der Waals surface area contributed by atoms with Crippen molar-refractivity contribution in [3.05, 3.63) is 35.6 Å². The molecule has 0 radical (unpaired) electrons. The number of hydrogen-bond acceptors (Lipinski definition) is 4. The van der Waals surface area contributed by atoms with Gasteiger partial charge in [-0.15, -0.1) is 0 Å². The number of guanidine groups is 1. The number of sulfonamides is 1. The third kappa shape index (κ3) is 6.54. The summed E-state index contributed by atoms with van der Waals surface area (Å²) < 4.78 is 43.9. The molecule has 0 aromatic heterocycles. The summed E-state index contributed by atoms with van der Waals surface area (Å²) in [6.45, 7) is 6.50. The van der Waals surface area contributed by atoms with E-state index in [0.29, 0.717) is 32.1 Å². The van der Waals surface area contributed by atoms with Gasteiger partial charge >= 0.3 is 0 Å². The molecule has 1 saturated heterocycles. The Kier molecular flexibility index (Phi) is 7.36. The highest BCUT2D eigenvalue weighted by molar-refractivity contribution is 7.88. The lowest BCUT2D eigenvalue weighted by Gasteiger charge is -2.38. The average Bonchev–Trinajstić information content (AvgIpc) is 2.57. The first-order chi connectivity index (χ1) is 12.3. The molecule has 1 fully saturated rings. The standard InChI is InChI=1S/C17H27FN4O3S/c1-4-19-17(20-9-10-21-26(3,23)24)22-11-13(2)25-16(12-22)14-5-7-15(18)8-6-14/h5-8,13,16,21H,4,9-12H2,1-3H3,(H,19,20). The van der Waals surface area contributed by atoms with Gasteiger partial charge in [-0.05, 0) is 31.5 Å². The van der Waals surface area contributed by atoms with E-state index in [1.807, 2.05) is 13.8 Å². The zero-order valence-corrected chi connectivity index (χ0v) is 16.2. The van der Waals surface area contributed by atoms with Crippen LogP contribution < -0.4 is 10.0 Å². The summed E-state index contributed by atoms with van der Waals surface area (Å²) in [7, 11) is -3.22. The molecule has 7 nitrogen and oxygen atoms in total. The second kappa shape index (κ2) is 9.29. The Bertz CT molecular complexity index is 709. The van der Waals surface area contributed by atoms with Crippen LogP contribution in [0.15, 0.2) is 29.3 Å². The van der Waals surface area contributed by atoms with E-state index in [1.54, 1.807) is 12.1 Å². The van der Waals surface area contributed by atoms with Crippen molar-refractivity contribution >= 4 is 16.0 Å². The van der Waals surface area contributed by atoms with Crippen LogP contribution in [0.1, 0.15) is 25.5 Å². The number of nitrogens with one attached hydrogen (secondary N) is 2. The smallest absolute Gasteiger partial charge is 0.208 e. The van der Waals surface area contributed by atoms with Crippen molar-refractivity contribution < 1.29 is 17.5 Å². The fourth-order valence-corrected chi connectivity index (χ4v) is 3.27. The molecule has 0 aliphatic carbocycles. The van der Waals surface area contributed by atoms with Crippen LogP contribution in [0.3, 0.4) is 0 Å². The summed E-state index contributed by atoms with van der Waals surface area (Å²) in [6, 6.07) is 6.32. The van der Waals surface area contributed by atoms with Crippen molar-refractivity contribution in [2.75, 3.05) is 39.0 Å². The first-order valence-corrected chi connectivity index (χ1v) is 10.6. The predicted molar refractivity (Wildman–Crippen MR) is 100 cm³/mol. The summed E-state index contributed by atoms with van der Waals surface area (Å²) in [5.74, 6) is 0.438. The molecule has 1 aromatic carbocycles. The maximum Gasteiger partial charge on any atom is 0.208 e. The molecule has 1 aliphatic rings. The van der Waals surface area contributed by atoms with Crippen molar-refractivity contribution in [2.24, 2.45) is 4.99 Å². The predicted octanol–water partition coefficient (Wildman–Crippen LogP) is 1.10. The van der Waals surface area contributed by atoms with Gasteiger partial charge in [-0.25, -0.2) is 17.5 Å². The van der Waals surface area contributed by atoms with Gasteiger partial charge in [-0.1, -0.05) is 12.1 Å². The molecule has 2 rings (SSSR count). The summed E-state index contributed by atoms with van der Waals surface area (Å²) in [5, 5.41) is 3.23. The van der Waals surface area contributed by atoms with Gasteiger partial charge in [0, 0.05) is 19.6 Å². The van der Waals surface area contributed by atoms with Crippen molar-refractivity contribution in [3.8, 4) is 0 Å². The van der Waals surface area contributed by atoms with Gasteiger partial charge in [0.2, 0.25) is 10.0 Å². The molecule has 0 saturated carbocycles. The molecule has 146 valence electrons. The summed E-state index contributed by atoms with van der Waals surface area (Å²) in [4.78, 5) is 6.60. The van der Waals surface area contributed by atoms with Crippen LogP contribution in [0.2, 0.25) is 0 Å². The van der Waals surface area contributed by atoms with Gasteiger partial charge in [-0.2, -0.15) is 0 Å². The highest BCUT2D eigenvalue weighted by Crippen LogP contribution is 2.25. The Balaban J connectivity index is 2.07. The normalized spacial score (nSPS) is 21.7. The molecule has 2 atom stereocenters. The quantitative estimate of drug-likeness (QED) is 0.435. The van der Waals surface area contributed by atoms with Crippen molar-refractivity contribution in [3.63, 3.8) is 0 Å².